The van der Waals surface area contributed by atoms with E-state index in [0.29, 0.717) is 5.44 Å². The van der Waals surface area contributed by atoms with Crippen LogP contribution in [-0.4, -0.2) is 11.2 Å². The van der Waals surface area contributed by atoms with Gasteiger partial charge in [0.1, 0.15) is 5.44 Å². The fourth-order valence-electron chi connectivity index (χ4n) is 0.274. The van der Waals surface area contributed by atoms with Crippen LogP contribution in [0.1, 0.15) is 13.8 Å². The van der Waals surface area contributed by atoms with Gasteiger partial charge in [-0.3, -0.25) is 0 Å². The van der Waals surface area contributed by atoms with Crippen molar-refractivity contribution in [1.82, 2.24) is 0 Å². The predicted octanol–water partition coefficient (Wildman–Crippen LogP) is 1.89. The van der Waals surface area contributed by atoms with Crippen LogP contribution in [0.15, 0.2) is 0 Å². The first kappa shape index (κ1) is 7.74. The van der Waals surface area contributed by atoms with Gasteiger partial charge in [-0.15, -0.1) is 11.8 Å². The maximum Gasteiger partial charge on any atom is 0.103 e. The molecule has 1 nitrogen and oxygen atoms in total. The standard InChI is InChI=1S/C4H11OPS/c1-3-7-4(2)5-6/h4H,3,6H2,1-2H3/t4-/m1/s1. The zero-order valence-electron chi connectivity index (χ0n) is 4.68. The lowest BCUT2D eigenvalue weighted by atomic mass is 10.9. The fraction of sp³-hybridized carbons (Fsp3) is 1.00. The molecule has 3 heteroatoms. The third kappa shape index (κ3) is 4.60. The van der Waals surface area contributed by atoms with Crippen LogP contribution >= 0.6 is 21.2 Å². The van der Waals surface area contributed by atoms with E-state index in [9.17, 15) is 0 Å². The van der Waals surface area contributed by atoms with Crippen LogP contribution < -0.4 is 0 Å². The zero-order chi connectivity index (χ0) is 5.70. The van der Waals surface area contributed by atoms with E-state index in [1.54, 1.807) is 11.8 Å². The molecule has 0 aromatic rings. The monoisotopic (exact) mass is 138 g/mol. The molecule has 0 N–H and O–H groups in total. The summed E-state index contributed by atoms with van der Waals surface area (Å²) in [6.07, 6.45) is 0. The Balaban J connectivity index is 2.83. The summed E-state index contributed by atoms with van der Waals surface area (Å²) < 4.78 is 4.87. The highest BCUT2D eigenvalue weighted by molar-refractivity contribution is 7.99. The van der Waals surface area contributed by atoms with Gasteiger partial charge in [-0.1, -0.05) is 6.92 Å². The van der Waals surface area contributed by atoms with E-state index in [2.05, 4.69) is 16.4 Å². The minimum absolute atomic E-state index is 0.329. The van der Waals surface area contributed by atoms with Gasteiger partial charge >= 0.3 is 0 Å². The Morgan fingerprint density at radius 2 is 2.43 bits per heavy atom. The van der Waals surface area contributed by atoms with Crippen molar-refractivity contribution in [3.8, 4) is 0 Å². The van der Waals surface area contributed by atoms with Gasteiger partial charge in [-0.25, -0.2) is 0 Å². The van der Waals surface area contributed by atoms with Gasteiger partial charge in [-0.05, 0) is 12.7 Å². The number of hydrogen-bond acceptors (Lipinski definition) is 2. The Bertz CT molecular complexity index is 42.7. The molecule has 2 atom stereocenters. The third-order valence-electron chi connectivity index (χ3n) is 0.593. The van der Waals surface area contributed by atoms with Crippen molar-refractivity contribution in [3.63, 3.8) is 0 Å². The van der Waals surface area contributed by atoms with Crippen LogP contribution in [0.2, 0.25) is 0 Å². The molecule has 44 valence electrons. The number of hydrogen-bond donors (Lipinski definition) is 0. The lowest BCUT2D eigenvalue weighted by Crippen LogP contribution is -1.92. The summed E-state index contributed by atoms with van der Waals surface area (Å²) in [5.74, 6) is 1.12. The molecule has 0 fully saturated rings. The Labute approximate surface area is 51.5 Å². The molecule has 0 aliphatic carbocycles. The molecule has 0 saturated carbocycles. The van der Waals surface area contributed by atoms with Crippen LogP contribution in [-0.2, 0) is 4.52 Å². The van der Waals surface area contributed by atoms with E-state index >= 15 is 0 Å². The van der Waals surface area contributed by atoms with Crippen molar-refractivity contribution in [1.29, 1.82) is 0 Å². The molecular formula is C4H11OPS. The van der Waals surface area contributed by atoms with E-state index in [0.717, 1.165) is 5.75 Å². The van der Waals surface area contributed by atoms with Gasteiger partial charge in [0.15, 0.2) is 0 Å². The largest absolute Gasteiger partial charge is 0.352 e. The summed E-state index contributed by atoms with van der Waals surface area (Å²) in [6.45, 7) is 4.14. The maximum atomic E-state index is 4.87. The van der Waals surface area contributed by atoms with Gasteiger partial charge in [0, 0.05) is 9.47 Å². The van der Waals surface area contributed by atoms with E-state index in [-0.39, 0.29) is 0 Å². The summed E-state index contributed by atoms with van der Waals surface area (Å²) in [6, 6.07) is 0. The fourth-order valence-corrected chi connectivity index (χ4v) is 1.06. The van der Waals surface area contributed by atoms with Gasteiger partial charge < -0.3 is 4.52 Å². The second kappa shape index (κ2) is 4.89. The first-order valence-electron chi connectivity index (χ1n) is 2.28. The summed E-state index contributed by atoms with van der Waals surface area (Å²) in [5.41, 5.74) is 0.329. The van der Waals surface area contributed by atoms with Gasteiger partial charge in [-0.2, -0.15) is 0 Å². The minimum Gasteiger partial charge on any atom is -0.352 e. The van der Waals surface area contributed by atoms with E-state index in [4.69, 9.17) is 4.52 Å². The van der Waals surface area contributed by atoms with Crippen LogP contribution in [0.3, 0.4) is 0 Å². The smallest absolute Gasteiger partial charge is 0.103 e. The summed E-state index contributed by atoms with van der Waals surface area (Å²) in [4.78, 5) is 0. The summed E-state index contributed by atoms with van der Waals surface area (Å²) in [7, 11) is 2.25. The molecule has 0 rings (SSSR count). The molecule has 0 spiro atoms. The average molecular weight is 138 g/mol. The van der Waals surface area contributed by atoms with Crippen molar-refractivity contribution in [2.75, 3.05) is 5.75 Å². The highest BCUT2D eigenvalue weighted by Crippen LogP contribution is 2.12. The lowest BCUT2D eigenvalue weighted by Gasteiger charge is -2.03. The summed E-state index contributed by atoms with van der Waals surface area (Å²) >= 11 is 1.79. The topological polar surface area (TPSA) is 9.23 Å². The van der Waals surface area contributed by atoms with Crippen LogP contribution in [0.5, 0.6) is 0 Å². The maximum absolute atomic E-state index is 4.87. The van der Waals surface area contributed by atoms with Crippen LogP contribution in [0, 0.1) is 0 Å². The highest BCUT2D eigenvalue weighted by atomic mass is 32.2. The van der Waals surface area contributed by atoms with Crippen molar-refractivity contribution >= 4 is 21.2 Å². The molecule has 7 heavy (non-hydrogen) atoms. The lowest BCUT2D eigenvalue weighted by molar-refractivity contribution is 0.363. The van der Waals surface area contributed by atoms with Gasteiger partial charge in [0.25, 0.3) is 0 Å². The number of thioether (sulfide) groups is 1. The molecule has 0 bridgehead atoms. The molecule has 0 saturated heterocycles. The predicted molar refractivity (Wildman–Crippen MR) is 38.4 cm³/mol. The molecule has 0 aliphatic rings. The van der Waals surface area contributed by atoms with Crippen LogP contribution in [0.4, 0.5) is 0 Å². The molecule has 0 aliphatic heterocycles. The Morgan fingerprint density at radius 3 is 2.57 bits per heavy atom. The Morgan fingerprint density at radius 1 is 1.86 bits per heavy atom. The SMILES string of the molecule is CCS[C@H](C)OP. The molecule has 0 aromatic carbocycles. The normalized spacial score (nSPS) is 14.1. The van der Waals surface area contributed by atoms with E-state index in [1.807, 2.05) is 6.92 Å². The van der Waals surface area contributed by atoms with Crippen molar-refractivity contribution < 1.29 is 4.52 Å². The van der Waals surface area contributed by atoms with Crippen molar-refractivity contribution in [2.45, 2.75) is 19.3 Å². The molecule has 0 amide bonds. The third-order valence-corrected chi connectivity index (χ3v) is 2.11. The first-order valence-corrected chi connectivity index (χ1v) is 3.80. The quantitative estimate of drug-likeness (QED) is 0.435. The zero-order valence-corrected chi connectivity index (χ0v) is 6.65. The van der Waals surface area contributed by atoms with Crippen LogP contribution in [0.25, 0.3) is 0 Å². The number of rotatable bonds is 3. The van der Waals surface area contributed by atoms with Gasteiger partial charge in [0.2, 0.25) is 0 Å². The molecule has 1 unspecified atom stereocenters. The molecule has 0 radical (unpaired) electrons. The minimum atomic E-state index is 0.329. The molecular weight excluding hydrogens is 127 g/mol. The molecule has 0 aromatic heterocycles. The van der Waals surface area contributed by atoms with E-state index < -0.39 is 0 Å². The second-order valence-corrected chi connectivity index (χ2v) is 3.01. The second-order valence-electron chi connectivity index (χ2n) is 1.16. The summed E-state index contributed by atoms with van der Waals surface area (Å²) in [5, 5.41) is 0. The van der Waals surface area contributed by atoms with Crippen molar-refractivity contribution in [2.24, 2.45) is 0 Å². The van der Waals surface area contributed by atoms with Crippen molar-refractivity contribution in [3.05, 3.63) is 0 Å². The molecule has 0 heterocycles. The van der Waals surface area contributed by atoms with Gasteiger partial charge in [0.05, 0.1) is 0 Å². The van der Waals surface area contributed by atoms with E-state index in [1.165, 1.54) is 0 Å². The Hall–Kier alpha value is 0.740. The average Bonchev–Trinajstić information content (AvgIpc) is 1.68. The highest BCUT2D eigenvalue weighted by Gasteiger charge is 1.93. The Kier molecular flexibility index (Phi) is 5.41. The first-order chi connectivity index (χ1) is 3.31.